The molecule has 0 unspecified atom stereocenters. The Bertz CT molecular complexity index is 738. The number of aryl methyl sites for hydroxylation is 1. The maximum Gasteiger partial charge on any atom is 0.138 e. The van der Waals surface area contributed by atoms with Crippen molar-refractivity contribution in [3.63, 3.8) is 0 Å². The van der Waals surface area contributed by atoms with Crippen LogP contribution in [0.4, 0.5) is 10.1 Å². The first-order chi connectivity index (χ1) is 10.2. The molecule has 0 aliphatic heterocycles. The fourth-order valence-electron chi connectivity index (χ4n) is 2.20. The number of nitrogens with one attached hydrogen (secondary N) is 1. The van der Waals surface area contributed by atoms with Gasteiger partial charge in [-0.15, -0.1) is 0 Å². The maximum absolute atomic E-state index is 13.1. The van der Waals surface area contributed by atoms with E-state index in [0.29, 0.717) is 6.54 Å². The Morgan fingerprint density at radius 3 is 2.81 bits per heavy atom. The fourth-order valence-corrected chi connectivity index (χ4v) is 2.20. The summed E-state index contributed by atoms with van der Waals surface area (Å²) in [6.07, 6.45) is 3.16. The van der Waals surface area contributed by atoms with Gasteiger partial charge in [0.15, 0.2) is 0 Å². The van der Waals surface area contributed by atoms with Crippen molar-refractivity contribution < 1.29 is 4.39 Å². The molecule has 106 valence electrons. The summed E-state index contributed by atoms with van der Waals surface area (Å²) in [5.74, 6) is -0.209. The van der Waals surface area contributed by atoms with E-state index in [1.807, 2.05) is 31.2 Å². The van der Waals surface area contributed by atoms with Crippen molar-refractivity contribution >= 4 is 5.69 Å². The molecule has 2 aromatic carbocycles. The van der Waals surface area contributed by atoms with Crippen LogP contribution in [-0.2, 0) is 6.54 Å². The second-order valence-electron chi connectivity index (χ2n) is 4.78. The summed E-state index contributed by atoms with van der Waals surface area (Å²) in [6, 6.07) is 12.7. The van der Waals surface area contributed by atoms with Gasteiger partial charge in [0.05, 0.1) is 11.4 Å². The summed E-state index contributed by atoms with van der Waals surface area (Å²) < 4.78 is 14.8. The average Bonchev–Trinajstić information content (AvgIpc) is 3.01. The lowest BCUT2D eigenvalue weighted by molar-refractivity contribution is 0.625. The van der Waals surface area contributed by atoms with Crippen LogP contribution in [0.15, 0.2) is 55.1 Å². The van der Waals surface area contributed by atoms with E-state index >= 15 is 0 Å². The van der Waals surface area contributed by atoms with Gasteiger partial charge in [0.25, 0.3) is 0 Å². The largest absolute Gasteiger partial charge is 0.379 e. The van der Waals surface area contributed by atoms with Crippen molar-refractivity contribution in [2.24, 2.45) is 0 Å². The lowest BCUT2D eigenvalue weighted by Crippen LogP contribution is -2.06. The van der Waals surface area contributed by atoms with Gasteiger partial charge in [0.2, 0.25) is 0 Å². The molecule has 21 heavy (non-hydrogen) atoms. The highest BCUT2D eigenvalue weighted by Gasteiger charge is 2.05. The first-order valence-corrected chi connectivity index (χ1v) is 6.67. The average molecular weight is 282 g/mol. The number of anilines is 1. The van der Waals surface area contributed by atoms with Crippen LogP contribution in [0.1, 0.15) is 11.1 Å². The predicted molar refractivity (Wildman–Crippen MR) is 79.8 cm³/mol. The minimum atomic E-state index is -0.209. The number of benzene rings is 2. The number of nitrogens with zero attached hydrogens (tertiary/aromatic N) is 3. The Morgan fingerprint density at radius 2 is 2.05 bits per heavy atom. The number of para-hydroxylation sites is 2. The molecule has 0 fully saturated rings. The van der Waals surface area contributed by atoms with Crippen LogP contribution in [0.5, 0.6) is 0 Å². The van der Waals surface area contributed by atoms with E-state index in [0.717, 1.165) is 22.5 Å². The molecule has 0 amide bonds. The molecule has 0 atom stereocenters. The number of halogens is 1. The van der Waals surface area contributed by atoms with Crippen molar-refractivity contribution in [1.82, 2.24) is 14.8 Å². The molecule has 0 aliphatic rings. The van der Waals surface area contributed by atoms with Gasteiger partial charge in [-0.2, -0.15) is 5.10 Å². The van der Waals surface area contributed by atoms with Crippen molar-refractivity contribution in [2.45, 2.75) is 13.5 Å². The molecular formula is C16H15FN4. The SMILES string of the molecule is Cc1cc(F)ccc1CNc1ccccc1-n1cncn1. The number of rotatable bonds is 4. The van der Waals surface area contributed by atoms with Crippen LogP contribution in [0.2, 0.25) is 0 Å². The molecule has 0 aliphatic carbocycles. The third-order valence-corrected chi connectivity index (χ3v) is 3.34. The Balaban J connectivity index is 1.83. The zero-order valence-electron chi connectivity index (χ0n) is 11.6. The Kier molecular flexibility index (Phi) is 3.64. The quantitative estimate of drug-likeness (QED) is 0.798. The summed E-state index contributed by atoms with van der Waals surface area (Å²) in [4.78, 5) is 3.96. The zero-order valence-corrected chi connectivity index (χ0v) is 11.6. The Morgan fingerprint density at radius 1 is 1.19 bits per heavy atom. The van der Waals surface area contributed by atoms with Crippen LogP contribution < -0.4 is 5.32 Å². The second kappa shape index (κ2) is 5.75. The number of hydrogen-bond donors (Lipinski definition) is 1. The van der Waals surface area contributed by atoms with Gasteiger partial charge in [-0.1, -0.05) is 18.2 Å². The van der Waals surface area contributed by atoms with E-state index in [1.54, 1.807) is 23.1 Å². The maximum atomic E-state index is 13.1. The lowest BCUT2D eigenvalue weighted by Gasteiger charge is -2.13. The summed E-state index contributed by atoms with van der Waals surface area (Å²) >= 11 is 0. The smallest absolute Gasteiger partial charge is 0.138 e. The van der Waals surface area contributed by atoms with Crippen LogP contribution in [0.25, 0.3) is 5.69 Å². The third-order valence-electron chi connectivity index (χ3n) is 3.34. The van der Waals surface area contributed by atoms with Crippen LogP contribution in [0, 0.1) is 12.7 Å². The molecule has 3 aromatic rings. The summed E-state index contributed by atoms with van der Waals surface area (Å²) in [6.45, 7) is 2.53. The highest BCUT2D eigenvalue weighted by atomic mass is 19.1. The van der Waals surface area contributed by atoms with E-state index < -0.39 is 0 Å². The van der Waals surface area contributed by atoms with E-state index in [1.165, 1.54) is 12.4 Å². The Hall–Kier alpha value is -2.69. The minimum Gasteiger partial charge on any atom is -0.379 e. The molecule has 0 radical (unpaired) electrons. The molecule has 4 nitrogen and oxygen atoms in total. The van der Waals surface area contributed by atoms with Crippen molar-refractivity contribution in [3.05, 3.63) is 72.1 Å². The van der Waals surface area contributed by atoms with E-state index in [-0.39, 0.29) is 5.82 Å². The van der Waals surface area contributed by atoms with Gasteiger partial charge in [-0.25, -0.2) is 14.1 Å². The zero-order chi connectivity index (χ0) is 14.7. The van der Waals surface area contributed by atoms with E-state index in [4.69, 9.17) is 0 Å². The van der Waals surface area contributed by atoms with Crippen molar-refractivity contribution in [1.29, 1.82) is 0 Å². The van der Waals surface area contributed by atoms with Crippen molar-refractivity contribution in [3.8, 4) is 5.69 Å². The van der Waals surface area contributed by atoms with Crippen LogP contribution >= 0.6 is 0 Å². The van der Waals surface area contributed by atoms with Crippen LogP contribution in [-0.4, -0.2) is 14.8 Å². The second-order valence-corrected chi connectivity index (χ2v) is 4.78. The molecule has 1 aromatic heterocycles. The highest BCUT2D eigenvalue weighted by Crippen LogP contribution is 2.20. The van der Waals surface area contributed by atoms with Gasteiger partial charge >= 0.3 is 0 Å². The topological polar surface area (TPSA) is 42.7 Å². The molecular weight excluding hydrogens is 267 g/mol. The van der Waals surface area contributed by atoms with E-state index in [2.05, 4.69) is 15.4 Å². The molecule has 0 saturated heterocycles. The molecule has 0 spiro atoms. The summed E-state index contributed by atoms with van der Waals surface area (Å²) in [5.41, 5.74) is 3.87. The lowest BCUT2D eigenvalue weighted by atomic mass is 10.1. The molecule has 1 heterocycles. The molecule has 0 saturated carbocycles. The molecule has 5 heteroatoms. The minimum absolute atomic E-state index is 0.209. The summed E-state index contributed by atoms with van der Waals surface area (Å²) in [5, 5.41) is 7.51. The first-order valence-electron chi connectivity index (χ1n) is 6.67. The monoisotopic (exact) mass is 282 g/mol. The normalized spacial score (nSPS) is 10.6. The predicted octanol–water partition coefficient (Wildman–Crippen LogP) is 3.33. The summed E-state index contributed by atoms with van der Waals surface area (Å²) in [7, 11) is 0. The van der Waals surface area contributed by atoms with Gasteiger partial charge < -0.3 is 5.32 Å². The van der Waals surface area contributed by atoms with E-state index in [9.17, 15) is 4.39 Å². The van der Waals surface area contributed by atoms with Crippen molar-refractivity contribution in [2.75, 3.05) is 5.32 Å². The molecule has 3 rings (SSSR count). The number of aromatic nitrogens is 3. The van der Waals surface area contributed by atoms with Gasteiger partial charge in [-0.3, -0.25) is 0 Å². The van der Waals surface area contributed by atoms with Gasteiger partial charge in [0.1, 0.15) is 18.5 Å². The van der Waals surface area contributed by atoms with Crippen LogP contribution in [0.3, 0.4) is 0 Å². The third kappa shape index (κ3) is 2.91. The Labute approximate surface area is 122 Å². The number of hydrogen-bond acceptors (Lipinski definition) is 3. The molecule has 0 bridgehead atoms. The standard InChI is InChI=1S/C16H15FN4/c1-12-8-14(17)7-6-13(12)9-19-15-4-2-3-5-16(15)21-11-18-10-20-21/h2-8,10-11,19H,9H2,1H3. The molecule has 1 N–H and O–H groups in total. The highest BCUT2D eigenvalue weighted by molar-refractivity contribution is 5.60. The first kappa shape index (κ1) is 13.3. The van der Waals surface area contributed by atoms with Gasteiger partial charge in [0, 0.05) is 6.54 Å². The van der Waals surface area contributed by atoms with Gasteiger partial charge in [-0.05, 0) is 42.3 Å². The fraction of sp³-hybridized carbons (Fsp3) is 0.125.